The standard InChI is InChI=1S/C31H37ClN6OS/c1-2-35-14-20-38(21-15-35)30(39)27-12-6-10-26(22-27)24-40-31-33-28(32)23-29(34-31)37-18-16-36(17-19-37)13-7-11-25-8-4-3-5-9-25/h3-12,22-23H,2,13-21,24H2,1H3/b11-7+. The zero-order chi connectivity index (χ0) is 27.7. The van der Waals surface area contributed by atoms with Crippen molar-refractivity contribution in [3.8, 4) is 0 Å². The third-order valence-corrected chi connectivity index (χ3v) is 8.59. The second kappa shape index (κ2) is 14.1. The van der Waals surface area contributed by atoms with Crippen LogP contribution < -0.4 is 4.90 Å². The number of hydrogen-bond acceptors (Lipinski definition) is 7. The number of thioether (sulfide) groups is 1. The third-order valence-electron chi connectivity index (χ3n) is 7.48. The molecule has 7 nitrogen and oxygen atoms in total. The first-order valence-corrected chi connectivity index (χ1v) is 15.4. The van der Waals surface area contributed by atoms with Crippen molar-refractivity contribution in [3.05, 3.63) is 88.6 Å². The molecule has 5 rings (SSSR count). The van der Waals surface area contributed by atoms with E-state index in [9.17, 15) is 4.79 Å². The average molecular weight is 577 g/mol. The molecule has 0 N–H and O–H groups in total. The number of hydrogen-bond donors (Lipinski definition) is 0. The van der Waals surface area contributed by atoms with Crippen LogP contribution in [0.2, 0.25) is 5.15 Å². The zero-order valence-corrected chi connectivity index (χ0v) is 24.7. The number of likely N-dealkylation sites (N-methyl/N-ethyl adjacent to an activating group) is 1. The second-order valence-corrected chi connectivity index (χ2v) is 11.5. The average Bonchev–Trinajstić information content (AvgIpc) is 3.00. The lowest BCUT2D eigenvalue weighted by atomic mass is 10.1. The maximum atomic E-state index is 13.1. The molecule has 2 aliphatic rings. The van der Waals surface area contributed by atoms with Gasteiger partial charge in [0.1, 0.15) is 11.0 Å². The highest BCUT2D eigenvalue weighted by atomic mass is 35.5. The van der Waals surface area contributed by atoms with Gasteiger partial charge in [0.05, 0.1) is 0 Å². The van der Waals surface area contributed by atoms with E-state index in [-0.39, 0.29) is 5.91 Å². The van der Waals surface area contributed by atoms with Gasteiger partial charge >= 0.3 is 0 Å². The zero-order valence-electron chi connectivity index (χ0n) is 23.1. The van der Waals surface area contributed by atoms with E-state index < -0.39 is 0 Å². The molecule has 40 heavy (non-hydrogen) atoms. The Hall–Kier alpha value is -2.91. The highest BCUT2D eigenvalue weighted by Crippen LogP contribution is 2.26. The molecular weight excluding hydrogens is 540 g/mol. The number of carbonyl (C=O) groups is 1. The minimum absolute atomic E-state index is 0.110. The molecule has 2 saturated heterocycles. The molecule has 9 heteroatoms. The summed E-state index contributed by atoms with van der Waals surface area (Å²) >= 11 is 7.97. The summed E-state index contributed by atoms with van der Waals surface area (Å²) in [4.78, 5) is 31.4. The van der Waals surface area contributed by atoms with Crippen molar-refractivity contribution in [1.82, 2.24) is 24.7 Å². The van der Waals surface area contributed by atoms with Gasteiger partial charge in [0.25, 0.3) is 5.91 Å². The van der Waals surface area contributed by atoms with Crippen molar-refractivity contribution >= 4 is 41.2 Å². The number of anilines is 1. The van der Waals surface area contributed by atoms with Gasteiger partial charge in [-0.05, 0) is 29.8 Å². The first kappa shape index (κ1) is 28.6. The van der Waals surface area contributed by atoms with E-state index in [1.54, 1.807) is 11.8 Å². The number of benzene rings is 2. The smallest absolute Gasteiger partial charge is 0.253 e. The number of piperazine rings is 2. The molecule has 1 aromatic heterocycles. The van der Waals surface area contributed by atoms with Crippen molar-refractivity contribution in [3.63, 3.8) is 0 Å². The Labute approximate surface area is 246 Å². The predicted molar refractivity (Wildman–Crippen MR) is 165 cm³/mol. The molecule has 0 radical (unpaired) electrons. The molecule has 0 spiro atoms. The van der Waals surface area contributed by atoms with Crippen LogP contribution in [0.15, 0.2) is 71.9 Å². The van der Waals surface area contributed by atoms with E-state index in [2.05, 4.69) is 69.1 Å². The van der Waals surface area contributed by atoms with Gasteiger partial charge in [0, 0.05) is 76.3 Å². The van der Waals surface area contributed by atoms with Crippen LogP contribution in [0.4, 0.5) is 5.82 Å². The number of rotatable bonds is 9. The van der Waals surface area contributed by atoms with Crippen LogP contribution in [0, 0.1) is 0 Å². The van der Waals surface area contributed by atoms with Gasteiger partial charge < -0.3 is 14.7 Å². The van der Waals surface area contributed by atoms with Crippen molar-refractivity contribution in [2.45, 2.75) is 17.8 Å². The molecule has 1 amide bonds. The largest absolute Gasteiger partial charge is 0.354 e. The summed E-state index contributed by atoms with van der Waals surface area (Å²) in [6.45, 7) is 11.3. The summed E-state index contributed by atoms with van der Waals surface area (Å²) < 4.78 is 0. The third kappa shape index (κ3) is 7.85. The quantitative estimate of drug-likeness (QED) is 0.201. The Morgan fingerprint density at radius 1 is 0.900 bits per heavy atom. The van der Waals surface area contributed by atoms with Crippen LogP contribution in [-0.2, 0) is 5.75 Å². The van der Waals surface area contributed by atoms with Gasteiger partial charge in [-0.15, -0.1) is 0 Å². The SMILES string of the molecule is CCN1CCN(C(=O)c2cccc(CSc3nc(Cl)cc(N4CCN(C/C=C/c5ccccc5)CC4)n3)c2)CC1. The van der Waals surface area contributed by atoms with Crippen molar-refractivity contribution < 1.29 is 4.79 Å². The molecule has 2 aliphatic heterocycles. The molecule has 0 unspecified atom stereocenters. The van der Waals surface area contributed by atoms with E-state index in [1.807, 2.05) is 35.2 Å². The van der Waals surface area contributed by atoms with E-state index in [0.717, 1.165) is 82.4 Å². The van der Waals surface area contributed by atoms with Crippen LogP contribution in [0.25, 0.3) is 6.08 Å². The van der Waals surface area contributed by atoms with Crippen LogP contribution in [0.3, 0.4) is 0 Å². The second-order valence-electron chi connectivity index (χ2n) is 10.1. The monoisotopic (exact) mass is 576 g/mol. The molecule has 210 valence electrons. The lowest BCUT2D eigenvalue weighted by molar-refractivity contribution is 0.0643. The Morgan fingerprint density at radius 3 is 2.40 bits per heavy atom. The van der Waals surface area contributed by atoms with Gasteiger partial charge in [-0.2, -0.15) is 0 Å². The van der Waals surface area contributed by atoms with E-state index in [1.165, 1.54) is 5.56 Å². The molecule has 3 aromatic rings. The number of nitrogens with zero attached hydrogens (tertiary/aromatic N) is 6. The summed E-state index contributed by atoms with van der Waals surface area (Å²) in [7, 11) is 0. The molecular formula is C31H37ClN6OS. The minimum Gasteiger partial charge on any atom is -0.354 e. The predicted octanol–water partition coefficient (Wildman–Crippen LogP) is 5.04. The molecule has 2 fully saturated rings. The highest BCUT2D eigenvalue weighted by Gasteiger charge is 2.22. The van der Waals surface area contributed by atoms with Gasteiger partial charge in [0.15, 0.2) is 5.16 Å². The fourth-order valence-corrected chi connectivity index (χ4v) is 6.09. The van der Waals surface area contributed by atoms with Crippen LogP contribution >= 0.6 is 23.4 Å². The molecule has 3 heterocycles. The van der Waals surface area contributed by atoms with Gasteiger partial charge in [0.2, 0.25) is 0 Å². The van der Waals surface area contributed by atoms with E-state index in [0.29, 0.717) is 16.1 Å². The molecule has 0 atom stereocenters. The Kier molecular flexibility index (Phi) is 10.1. The minimum atomic E-state index is 0.110. The summed E-state index contributed by atoms with van der Waals surface area (Å²) in [5.74, 6) is 1.65. The van der Waals surface area contributed by atoms with E-state index in [4.69, 9.17) is 16.6 Å². The summed E-state index contributed by atoms with van der Waals surface area (Å²) in [5, 5.41) is 1.11. The lowest BCUT2D eigenvalue weighted by Crippen LogP contribution is -2.48. The van der Waals surface area contributed by atoms with Crippen LogP contribution in [0.1, 0.15) is 28.4 Å². The maximum Gasteiger partial charge on any atom is 0.253 e. The summed E-state index contributed by atoms with van der Waals surface area (Å²) in [6.07, 6.45) is 4.41. The first-order chi connectivity index (χ1) is 19.6. The topological polar surface area (TPSA) is 55.8 Å². The fourth-order valence-electron chi connectivity index (χ4n) is 5.07. The summed E-state index contributed by atoms with van der Waals surface area (Å²) in [6, 6.07) is 20.2. The number of amides is 1. The van der Waals surface area contributed by atoms with Crippen LogP contribution in [0.5, 0.6) is 0 Å². The molecule has 0 saturated carbocycles. The van der Waals surface area contributed by atoms with Crippen molar-refractivity contribution in [2.75, 3.05) is 70.3 Å². The Balaban J connectivity index is 1.13. The van der Waals surface area contributed by atoms with E-state index >= 15 is 0 Å². The first-order valence-electron chi connectivity index (χ1n) is 14.0. The Morgan fingerprint density at radius 2 is 1.65 bits per heavy atom. The summed E-state index contributed by atoms with van der Waals surface area (Å²) in [5.41, 5.74) is 3.04. The highest BCUT2D eigenvalue weighted by molar-refractivity contribution is 7.98. The molecule has 2 aromatic carbocycles. The number of halogens is 1. The van der Waals surface area contributed by atoms with Gasteiger partial charge in [-0.1, -0.05) is 84.9 Å². The molecule has 0 bridgehead atoms. The van der Waals surface area contributed by atoms with Gasteiger partial charge in [-0.3, -0.25) is 9.69 Å². The maximum absolute atomic E-state index is 13.1. The Bertz CT molecular complexity index is 1290. The van der Waals surface area contributed by atoms with Gasteiger partial charge in [-0.25, -0.2) is 9.97 Å². The van der Waals surface area contributed by atoms with Crippen LogP contribution in [-0.4, -0.2) is 96.0 Å². The molecule has 0 aliphatic carbocycles. The van der Waals surface area contributed by atoms with Crippen molar-refractivity contribution in [1.29, 1.82) is 0 Å². The van der Waals surface area contributed by atoms with Crippen molar-refractivity contribution in [2.24, 2.45) is 0 Å². The lowest BCUT2D eigenvalue weighted by Gasteiger charge is -2.35. The number of carbonyl (C=O) groups excluding carboxylic acids is 1. The fraction of sp³-hybridized carbons (Fsp3) is 0.387. The normalized spacial score (nSPS) is 17.1. The number of aromatic nitrogens is 2.